The number of methoxy groups -OCH3 is 2. The Bertz CT molecular complexity index is 1280. The molecule has 39 heavy (non-hydrogen) atoms. The smallest absolute Gasteiger partial charge is 0.244 e. The maximum Gasteiger partial charge on any atom is 0.244 e. The lowest BCUT2D eigenvalue weighted by molar-refractivity contribution is -0.139. The average Bonchev–Trinajstić information content (AvgIpc) is 2.91. The highest BCUT2D eigenvalue weighted by molar-refractivity contribution is 7.92. The number of benzene rings is 2. The van der Waals surface area contributed by atoms with Crippen molar-refractivity contribution >= 4 is 50.7 Å². The summed E-state index contributed by atoms with van der Waals surface area (Å²) in [6, 6.07) is 8.76. The summed E-state index contributed by atoms with van der Waals surface area (Å²) in [6.07, 6.45) is 5.99. The third-order valence-corrected chi connectivity index (χ3v) is 8.66. The van der Waals surface area contributed by atoms with Crippen LogP contribution in [0.2, 0.25) is 10.0 Å². The van der Waals surface area contributed by atoms with E-state index < -0.39 is 28.5 Å². The Balaban J connectivity index is 1.95. The van der Waals surface area contributed by atoms with E-state index in [2.05, 4.69) is 5.32 Å². The molecule has 0 aromatic heterocycles. The maximum absolute atomic E-state index is 13.8. The van der Waals surface area contributed by atoms with Crippen molar-refractivity contribution in [3.8, 4) is 11.5 Å². The van der Waals surface area contributed by atoms with E-state index in [-0.39, 0.29) is 29.9 Å². The number of nitrogens with one attached hydrogen (secondary N) is 1. The second-order valence-electron chi connectivity index (χ2n) is 9.60. The molecule has 9 nitrogen and oxygen atoms in total. The number of rotatable bonds is 11. The van der Waals surface area contributed by atoms with Crippen molar-refractivity contribution in [1.82, 2.24) is 10.2 Å². The molecular formula is C27H35Cl2N3O6S. The highest BCUT2D eigenvalue weighted by Crippen LogP contribution is 2.34. The Morgan fingerprint density at radius 3 is 2.31 bits per heavy atom. The van der Waals surface area contributed by atoms with Crippen LogP contribution in [0, 0.1) is 0 Å². The molecule has 2 aromatic carbocycles. The second-order valence-corrected chi connectivity index (χ2v) is 12.3. The van der Waals surface area contributed by atoms with Crippen molar-refractivity contribution in [2.75, 3.05) is 31.3 Å². The molecule has 2 amide bonds. The number of hydrogen-bond donors (Lipinski definition) is 1. The first-order valence-electron chi connectivity index (χ1n) is 12.7. The number of amides is 2. The molecule has 2 aromatic rings. The molecule has 1 atom stereocenters. The van der Waals surface area contributed by atoms with E-state index in [1.54, 1.807) is 37.3 Å². The van der Waals surface area contributed by atoms with Crippen molar-refractivity contribution in [2.45, 2.75) is 57.7 Å². The van der Waals surface area contributed by atoms with Gasteiger partial charge in [-0.05, 0) is 49.6 Å². The largest absolute Gasteiger partial charge is 0.497 e. The molecule has 214 valence electrons. The van der Waals surface area contributed by atoms with Crippen LogP contribution in [-0.4, -0.2) is 64.2 Å². The van der Waals surface area contributed by atoms with Crippen LogP contribution >= 0.6 is 23.2 Å². The molecule has 0 saturated heterocycles. The van der Waals surface area contributed by atoms with E-state index in [9.17, 15) is 18.0 Å². The fraction of sp³-hybridized carbons (Fsp3) is 0.481. The van der Waals surface area contributed by atoms with E-state index in [0.717, 1.165) is 42.7 Å². The molecule has 1 aliphatic rings. The van der Waals surface area contributed by atoms with Crippen molar-refractivity contribution < 1.29 is 27.5 Å². The Labute approximate surface area is 240 Å². The van der Waals surface area contributed by atoms with Gasteiger partial charge in [-0.25, -0.2) is 8.42 Å². The molecule has 1 N–H and O–H groups in total. The van der Waals surface area contributed by atoms with E-state index in [4.69, 9.17) is 32.7 Å². The minimum Gasteiger partial charge on any atom is -0.497 e. The van der Waals surface area contributed by atoms with Gasteiger partial charge in [-0.15, -0.1) is 0 Å². The summed E-state index contributed by atoms with van der Waals surface area (Å²) < 4.78 is 37.4. The van der Waals surface area contributed by atoms with Gasteiger partial charge >= 0.3 is 0 Å². The SMILES string of the molecule is COc1ccc(OC)c(N(CC(=O)N(Cc2ccc(Cl)c(Cl)c2)C(C)C(=O)NC2CCCCC2)S(C)(=O)=O)c1. The topological polar surface area (TPSA) is 105 Å². The number of carbonyl (C=O) groups excluding carboxylic acids is 2. The zero-order valence-corrected chi connectivity index (χ0v) is 24.9. The molecule has 0 aliphatic heterocycles. The number of sulfonamides is 1. The predicted octanol–water partition coefficient (Wildman–Crippen LogP) is 4.64. The molecule has 12 heteroatoms. The Morgan fingerprint density at radius 2 is 1.72 bits per heavy atom. The first-order valence-corrected chi connectivity index (χ1v) is 15.3. The van der Waals surface area contributed by atoms with Crippen LogP contribution in [0.15, 0.2) is 36.4 Å². The quantitative estimate of drug-likeness (QED) is 0.403. The van der Waals surface area contributed by atoms with Crippen LogP contribution in [0.4, 0.5) is 5.69 Å². The number of anilines is 1. The normalized spacial score (nSPS) is 14.8. The molecule has 0 heterocycles. The Hall–Kier alpha value is -2.69. The first kappa shape index (κ1) is 30.8. The molecule has 0 bridgehead atoms. The zero-order chi connectivity index (χ0) is 28.7. The summed E-state index contributed by atoms with van der Waals surface area (Å²) in [5.74, 6) is -0.254. The van der Waals surface area contributed by atoms with Crippen LogP contribution in [0.5, 0.6) is 11.5 Å². The lowest BCUT2D eigenvalue weighted by atomic mass is 9.95. The van der Waals surface area contributed by atoms with E-state index in [1.807, 2.05) is 0 Å². The molecule has 3 rings (SSSR count). The third kappa shape index (κ3) is 8.16. The van der Waals surface area contributed by atoms with Crippen LogP contribution in [0.3, 0.4) is 0 Å². The number of halogens is 2. The monoisotopic (exact) mass is 599 g/mol. The molecule has 0 spiro atoms. The van der Waals surface area contributed by atoms with Gasteiger partial charge in [-0.2, -0.15) is 0 Å². The summed E-state index contributed by atoms with van der Waals surface area (Å²) in [7, 11) is -1.09. The Kier molecular flexibility index (Phi) is 10.7. The van der Waals surface area contributed by atoms with Crippen LogP contribution in [0.25, 0.3) is 0 Å². The van der Waals surface area contributed by atoms with Crippen molar-refractivity contribution in [1.29, 1.82) is 0 Å². The molecule has 1 aliphatic carbocycles. The van der Waals surface area contributed by atoms with E-state index in [1.165, 1.54) is 25.2 Å². The highest BCUT2D eigenvalue weighted by atomic mass is 35.5. The van der Waals surface area contributed by atoms with Gasteiger partial charge in [-0.3, -0.25) is 13.9 Å². The van der Waals surface area contributed by atoms with Crippen LogP contribution in [0.1, 0.15) is 44.6 Å². The molecule has 1 saturated carbocycles. The summed E-state index contributed by atoms with van der Waals surface area (Å²) in [5, 5.41) is 3.72. The number of nitrogens with zero attached hydrogens (tertiary/aromatic N) is 2. The van der Waals surface area contributed by atoms with Gasteiger partial charge < -0.3 is 19.7 Å². The third-order valence-electron chi connectivity index (χ3n) is 6.79. The maximum atomic E-state index is 13.8. The lowest BCUT2D eigenvalue weighted by Crippen LogP contribution is -2.53. The van der Waals surface area contributed by atoms with Gasteiger partial charge in [0.2, 0.25) is 21.8 Å². The molecule has 1 unspecified atom stereocenters. The Morgan fingerprint density at radius 1 is 1.03 bits per heavy atom. The minimum absolute atomic E-state index is 0.0157. The highest BCUT2D eigenvalue weighted by Gasteiger charge is 2.32. The van der Waals surface area contributed by atoms with Gasteiger partial charge in [0.1, 0.15) is 24.1 Å². The van der Waals surface area contributed by atoms with Gasteiger partial charge in [0, 0.05) is 18.7 Å². The van der Waals surface area contributed by atoms with Gasteiger partial charge in [-0.1, -0.05) is 48.5 Å². The minimum atomic E-state index is -3.95. The van der Waals surface area contributed by atoms with Crippen molar-refractivity contribution in [3.05, 3.63) is 52.0 Å². The van der Waals surface area contributed by atoms with Crippen LogP contribution in [-0.2, 0) is 26.2 Å². The zero-order valence-electron chi connectivity index (χ0n) is 22.6. The summed E-state index contributed by atoms with van der Waals surface area (Å²) in [6.45, 7) is 1.08. The van der Waals surface area contributed by atoms with Gasteiger partial charge in [0.05, 0.1) is 36.2 Å². The summed E-state index contributed by atoms with van der Waals surface area (Å²) >= 11 is 12.3. The first-order chi connectivity index (χ1) is 18.4. The number of hydrogen-bond acceptors (Lipinski definition) is 6. The van der Waals surface area contributed by atoms with Crippen LogP contribution < -0.4 is 19.1 Å². The second kappa shape index (κ2) is 13.6. The molecular weight excluding hydrogens is 565 g/mol. The standard InChI is InChI=1S/C27H35Cl2N3O6S/c1-18(27(34)30-20-8-6-5-7-9-20)31(16-19-10-12-22(28)23(29)14-19)26(33)17-32(39(4,35)36)24-15-21(37-2)11-13-25(24)38-3/h10-15,18,20H,5-9,16-17H2,1-4H3,(H,30,34). The van der Waals surface area contributed by atoms with Crippen molar-refractivity contribution in [3.63, 3.8) is 0 Å². The predicted molar refractivity (Wildman–Crippen MR) is 153 cm³/mol. The van der Waals surface area contributed by atoms with E-state index in [0.29, 0.717) is 21.4 Å². The van der Waals surface area contributed by atoms with E-state index >= 15 is 0 Å². The van der Waals surface area contributed by atoms with Gasteiger partial charge in [0.25, 0.3) is 0 Å². The average molecular weight is 601 g/mol. The van der Waals surface area contributed by atoms with Gasteiger partial charge in [0.15, 0.2) is 0 Å². The number of carbonyl (C=O) groups is 2. The fourth-order valence-electron chi connectivity index (χ4n) is 4.57. The summed E-state index contributed by atoms with van der Waals surface area (Å²) in [5.41, 5.74) is 0.779. The fourth-order valence-corrected chi connectivity index (χ4v) is 5.74. The molecule has 1 fully saturated rings. The van der Waals surface area contributed by atoms with Crippen molar-refractivity contribution in [2.24, 2.45) is 0 Å². The lowest BCUT2D eigenvalue weighted by Gasteiger charge is -2.33. The summed E-state index contributed by atoms with van der Waals surface area (Å²) in [4.78, 5) is 28.5. The molecule has 0 radical (unpaired) electrons. The number of ether oxygens (including phenoxy) is 2.